The Morgan fingerprint density at radius 3 is 2.77 bits per heavy atom. The third-order valence-corrected chi connectivity index (χ3v) is 4.12. The molecule has 2 aromatic carbocycles. The zero-order valence-electron chi connectivity index (χ0n) is 13.3. The molecule has 3 aromatic rings. The third kappa shape index (κ3) is 3.14. The quantitative estimate of drug-likeness (QED) is 0.658. The molecule has 130 valence electrons. The summed E-state index contributed by atoms with van der Waals surface area (Å²) in [7, 11) is 0. The van der Waals surface area contributed by atoms with Crippen LogP contribution in [0.5, 0.6) is 11.5 Å². The molecule has 7 heteroatoms. The lowest BCUT2D eigenvalue weighted by atomic mass is 10.1. The van der Waals surface area contributed by atoms with E-state index in [1.807, 2.05) is 0 Å². The summed E-state index contributed by atoms with van der Waals surface area (Å²) in [6.45, 7) is 0.204. The average molecular weight is 369 g/mol. The number of nitrogens with zero attached hydrogens (tertiary/aromatic N) is 1. The predicted octanol–water partition coefficient (Wildman–Crippen LogP) is 3.44. The second kappa shape index (κ2) is 6.57. The van der Waals surface area contributed by atoms with E-state index in [0.717, 1.165) is 0 Å². The number of halogens is 1. The lowest BCUT2D eigenvalue weighted by Gasteiger charge is -2.06. The maximum atomic E-state index is 11.0. The van der Waals surface area contributed by atoms with Crippen LogP contribution in [0.2, 0.25) is 5.02 Å². The van der Waals surface area contributed by atoms with Gasteiger partial charge in [0, 0.05) is 11.6 Å². The fourth-order valence-electron chi connectivity index (χ4n) is 2.51. The molecule has 0 saturated carbocycles. The van der Waals surface area contributed by atoms with Crippen LogP contribution in [0.1, 0.15) is 16.1 Å². The van der Waals surface area contributed by atoms with E-state index in [0.29, 0.717) is 39.3 Å². The Balaban J connectivity index is 1.59. The summed E-state index contributed by atoms with van der Waals surface area (Å²) >= 11 is 6.14. The lowest BCUT2D eigenvalue weighted by Crippen LogP contribution is -2.22. The normalized spacial score (nSPS) is 12.7. The first kappa shape index (κ1) is 16.2. The molecule has 1 aliphatic rings. The van der Waals surface area contributed by atoms with Gasteiger partial charge in [-0.15, -0.1) is 0 Å². The standard InChI is InChI=1S/C19H12ClNO5/c20-15-4-1-11(19(22)23)7-14(15)16-6-3-13(26-16)9-21-12-2-5-17-18(8-12)25-10-24-17/h1-9H,10H2,(H,22,23)/p-1. The van der Waals surface area contributed by atoms with Gasteiger partial charge >= 0.3 is 0 Å². The van der Waals surface area contributed by atoms with Crippen molar-refractivity contribution in [3.63, 3.8) is 0 Å². The number of fused-ring (bicyclic) bond motifs is 1. The maximum Gasteiger partial charge on any atom is 0.231 e. The fraction of sp³-hybridized carbons (Fsp3) is 0.0526. The highest BCUT2D eigenvalue weighted by molar-refractivity contribution is 6.33. The molecule has 6 nitrogen and oxygen atoms in total. The maximum absolute atomic E-state index is 11.0. The second-order valence-electron chi connectivity index (χ2n) is 5.48. The van der Waals surface area contributed by atoms with E-state index in [1.54, 1.807) is 36.5 Å². The van der Waals surface area contributed by atoms with Gasteiger partial charge in [-0.1, -0.05) is 17.7 Å². The van der Waals surface area contributed by atoms with Crippen molar-refractivity contribution in [2.24, 2.45) is 4.99 Å². The SMILES string of the molecule is O=C([O-])c1ccc(Cl)c(-c2ccc(C=Nc3ccc4c(c3)OCO4)o2)c1. The molecule has 0 amide bonds. The summed E-state index contributed by atoms with van der Waals surface area (Å²) < 4.78 is 16.3. The number of benzene rings is 2. The number of carboxylic acid groups (broad SMARTS) is 1. The van der Waals surface area contributed by atoms with Crippen LogP contribution in [0, 0.1) is 0 Å². The van der Waals surface area contributed by atoms with Gasteiger partial charge in [0.1, 0.15) is 11.5 Å². The molecule has 0 N–H and O–H groups in total. The molecule has 0 saturated heterocycles. The van der Waals surface area contributed by atoms with E-state index in [9.17, 15) is 9.90 Å². The first-order chi connectivity index (χ1) is 12.6. The molecule has 4 rings (SSSR count). The fourth-order valence-corrected chi connectivity index (χ4v) is 2.72. The van der Waals surface area contributed by atoms with Crippen LogP contribution < -0.4 is 14.6 Å². The van der Waals surface area contributed by atoms with Crippen molar-refractivity contribution < 1.29 is 23.8 Å². The molecule has 26 heavy (non-hydrogen) atoms. The molecule has 0 atom stereocenters. The van der Waals surface area contributed by atoms with E-state index < -0.39 is 5.97 Å². The summed E-state index contributed by atoms with van der Waals surface area (Å²) in [5.74, 6) is 0.981. The largest absolute Gasteiger partial charge is 0.545 e. The van der Waals surface area contributed by atoms with Gasteiger partial charge in [-0.25, -0.2) is 0 Å². The minimum atomic E-state index is -1.28. The van der Waals surface area contributed by atoms with E-state index in [-0.39, 0.29) is 12.4 Å². The van der Waals surface area contributed by atoms with Gasteiger partial charge < -0.3 is 23.8 Å². The van der Waals surface area contributed by atoms with Crippen molar-refractivity contribution >= 4 is 29.5 Å². The Morgan fingerprint density at radius 1 is 1.08 bits per heavy atom. The third-order valence-electron chi connectivity index (χ3n) is 3.79. The van der Waals surface area contributed by atoms with E-state index in [4.69, 9.17) is 25.5 Å². The zero-order valence-corrected chi connectivity index (χ0v) is 14.0. The summed E-state index contributed by atoms with van der Waals surface area (Å²) in [5, 5.41) is 11.4. The highest BCUT2D eigenvalue weighted by atomic mass is 35.5. The Bertz CT molecular complexity index is 1020. The molecular formula is C19H11ClNO5-. The van der Waals surface area contributed by atoms with Crippen LogP contribution in [0.15, 0.2) is 57.9 Å². The van der Waals surface area contributed by atoms with Crippen molar-refractivity contribution in [1.82, 2.24) is 0 Å². The lowest BCUT2D eigenvalue weighted by molar-refractivity contribution is -0.255. The zero-order chi connectivity index (χ0) is 18.1. The summed E-state index contributed by atoms with van der Waals surface area (Å²) in [6.07, 6.45) is 1.55. The molecule has 0 unspecified atom stereocenters. The number of aromatic carboxylic acids is 1. The molecule has 1 aromatic heterocycles. The van der Waals surface area contributed by atoms with Gasteiger partial charge in [-0.05, 0) is 42.0 Å². The summed E-state index contributed by atoms with van der Waals surface area (Å²) in [5.41, 5.74) is 1.18. The van der Waals surface area contributed by atoms with Crippen LogP contribution in [0.4, 0.5) is 5.69 Å². The van der Waals surface area contributed by atoms with Crippen LogP contribution in [-0.4, -0.2) is 19.0 Å². The van der Waals surface area contributed by atoms with Crippen molar-refractivity contribution in [2.75, 3.05) is 6.79 Å². The van der Waals surface area contributed by atoms with Crippen LogP contribution in [-0.2, 0) is 0 Å². The van der Waals surface area contributed by atoms with Gasteiger partial charge in [0.15, 0.2) is 11.5 Å². The summed E-state index contributed by atoms with van der Waals surface area (Å²) in [4.78, 5) is 15.4. The van der Waals surface area contributed by atoms with Gasteiger partial charge in [-0.3, -0.25) is 4.99 Å². The Kier molecular flexibility index (Phi) is 4.10. The number of carbonyl (C=O) groups is 1. The highest BCUT2D eigenvalue weighted by Crippen LogP contribution is 2.35. The molecule has 0 aliphatic carbocycles. The average Bonchev–Trinajstić information content (AvgIpc) is 3.29. The van der Waals surface area contributed by atoms with Gasteiger partial charge in [-0.2, -0.15) is 0 Å². The Labute approximate surface area is 153 Å². The number of aliphatic imine (C=N–C) groups is 1. The van der Waals surface area contributed by atoms with Crippen molar-refractivity contribution in [2.45, 2.75) is 0 Å². The number of carbonyl (C=O) groups excluding carboxylic acids is 1. The van der Waals surface area contributed by atoms with Gasteiger partial charge in [0.05, 0.1) is 22.9 Å². The van der Waals surface area contributed by atoms with Gasteiger partial charge in [0.2, 0.25) is 6.79 Å². The number of rotatable bonds is 4. The first-order valence-corrected chi connectivity index (χ1v) is 8.03. The van der Waals surface area contributed by atoms with Gasteiger partial charge in [0.25, 0.3) is 0 Å². The predicted molar refractivity (Wildman–Crippen MR) is 93.3 cm³/mol. The van der Waals surface area contributed by atoms with Crippen molar-refractivity contribution in [3.05, 3.63) is 64.9 Å². The second-order valence-corrected chi connectivity index (χ2v) is 5.89. The molecular weight excluding hydrogens is 358 g/mol. The molecule has 1 aliphatic heterocycles. The van der Waals surface area contributed by atoms with Crippen molar-refractivity contribution in [3.8, 4) is 22.8 Å². The summed E-state index contributed by atoms with van der Waals surface area (Å²) in [6, 6.07) is 13.0. The molecule has 0 bridgehead atoms. The number of ether oxygens (including phenoxy) is 2. The Hall–Kier alpha value is -3.25. The Morgan fingerprint density at radius 2 is 1.92 bits per heavy atom. The number of furan rings is 1. The van der Waals surface area contributed by atoms with Crippen LogP contribution >= 0.6 is 11.6 Å². The molecule has 2 heterocycles. The smallest absolute Gasteiger partial charge is 0.231 e. The molecule has 0 radical (unpaired) electrons. The minimum absolute atomic E-state index is 0.0244. The monoisotopic (exact) mass is 368 g/mol. The number of carboxylic acids is 1. The van der Waals surface area contributed by atoms with Crippen LogP contribution in [0.3, 0.4) is 0 Å². The number of hydrogen-bond donors (Lipinski definition) is 0. The first-order valence-electron chi connectivity index (χ1n) is 7.65. The van der Waals surface area contributed by atoms with Crippen LogP contribution in [0.25, 0.3) is 11.3 Å². The van der Waals surface area contributed by atoms with E-state index in [1.165, 1.54) is 18.2 Å². The van der Waals surface area contributed by atoms with E-state index in [2.05, 4.69) is 4.99 Å². The molecule has 0 fully saturated rings. The number of hydrogen-bond acceptors (Lipinski definition) is 6. The molecule has 0 spiro atoms. The van der Waals surface area contributed by atoms with E-state index >= 15 is 0 Å². The topological polar surface area (TPSA) is 84.1 Å². The highest BCUT2D eigenvalue weighted by Gasteiger charge is 2.13. The van der Waals surface area contributed by atoms with Crippen molar-refractivity contribution in [1.29, 1.82) is 0 Å². The minimum Gasteiger partial charge on any atom is -0.545 e.